The molecule has 0 saturated carbocycles. The Hall–Kier alpha value is -0.926. The molecule has 7 heteroatoms. The summed E-state index contributed by atoms with van der Waals surface area (Å²) < 4.78 is 41.9. The number of aldehydes is 1. The number of halogens is 3. The molecule has 0 heterocycles. The standard InChI is InChI=1S/C12H18F3NOSi2/c1-18-16(19-2)9(3-4-17)5-8-6-11(14)12(15)7-10(8)13/h4,6-7,9H,3,5,18-19H2,1-2H3. The second-order valence-corrected chi connectivity index (χ2v) is 8.12. The Morgan fingerprint density at radius 1 is 1.16 bits per heavy atom. The molecule has 0 spiro atoms. The molecule has 19 heavy (non-hydrogen) atoms. The van der Waals surface area contributed by atoms with Crippen LogP contribution in [0.5, 0.6) is 0 Å². The third-order valence-corrected chi connectivity index (χ3v) is 8.58. The van der Waals surface area contributed by atoms with Crippen molar-refractivity contribution >= 4 is 25.6 Å². The van der Waals surface area contributed by atoms with E-state index in [0.717, 1.165) is 12.4 Å². The van der Waals surface area contributed by atoms with Crippen LogP contribution in [0.1, 0.15) is 12.0 Å². The summed E-state index contributed by atoms with van der Waals surface area (Å²) in [6.45, 7) is 4.21. The minimum Gasteiger partial charge on any atom is -0.352 e. The molecule has 0 fully saturated rings. The molecule has 0 bridgehead atoms. The Bertz CT molecular complexity index is 441. The highest BCUT2D eigenvalue weighted by molar-refractivity contribution is 6.48. The molecule has 2 nitrogen and oxygen atoms in total. The van der Waals surface area contributed by atoms with Crippen LogP contribution in [0.15, 0.2) is 12.1 Å². The number of nitrogens with zero attached hydrogens (tertiary/aromatic N) is 1. The third-order valence-electron chi connectivity index (χ3n) is 3.24. The van der Waals surface area contributed by atoms with E-state index < -0.39 is 36.8 Å². The molecule has 0 radical (unpaired) electrons. The van der Waals surface area contributed by atoms with E-state index in [-0.39, 0.29) is 18.0 Å². The Morgan fingerprint density at radius 3 is 2.26 bits per heavy atom. The molecule has 1 aromatic rings. The van der Waals surface area contributed by atoms with Gasteiger partial charge in [0.1, 0.15) is 12.1 Å². The van der Waals surface area contributed by atoms with Crippen LogP contribution in [0.25, 0.3) is 0 Å². The summed E-state index contributed by atoms with van der Waals surface area (Å²) in [7, 11) is -0.879. The summed E-state index contributed by atoms with van der Waals surface area (Å²) in [6, 6.07) is 1.39. The molecule has 106 valence electrons. The van der Waals surface area contributed by atoms with Gasteiger partial charge in [-0.25, -0.2) is 13.2 Å². The van der Waals surface area contributed by atoms with Gasteiger partial charge in [0, 0.05) is 18.5 Å². The Balaban J connectivity index is 2.95. The minimum absolute atomic E-state index is 0.0785. The second kappa shape index (κ2) is 7.61. The zero-order chi connectivity index (χ0) is 14.4. The van der Waals surface area contributed by atoms with Gasteiger partial charge in [-0.3, -0.25) is 0 Å². The lowest BCUT2D eigenvalue weighted by molar-refractivity contribution is -0.108. The average Bonchev–Trinajstić information content (AvgIpc) is 2.37. The summed E-state index contributed by atoms with van der Waals surface area (Å²) in [5.41, 5.74) is 0.139. The first-order valence-electron chi connectivity index (χ1n) is 6.34. The van der Waals surface area contributed by atoms with Crippen molar-refractivity contribution in [2.24, 2.45) is 0 Å². The average molecular weight is 305 g/mol. The highest BCUT2D eigenvalue weighted by atomic mass is 28.3. The van der Waals surface area contributed by atoms with Crippen molar-refractivity contribution in [3.8, 4) is 0 Å². The molecule has 1 unspecified atom stereocenters. The van der Waals surface area contributed by atoms with Crippen molar-refractivity contribution in [3.63, 3.8) is 0 Å². The van der Waals surface area contributed by atoms with Crippen molar-refractivity contribution in [2.75, 3.05) is 0 Å². The van der Waals surface area contributed by atoms with Crippen LogP contribution < -0.4 is 0 Å². The van der Waals surface area contributed by atoms with Gasteiger partial charge in [-0.05, 0) is 18.1 Å². The Morgan fingerprint density at radius 2 is 1.74 bits per heavy atom. The van der Waals surface area contributed by atoms with E-state index in [1.165, 1.54) is 0 Å². The molecule has 0 amide bonds. The maximum atomic E-state index is 13.6. The Kier molecular flexibility index (Phi) is 6.46. The lowest BCUT2D eigenvalue weighted by atomic mass is 10.0. The first kappa shape index (κ1) is 16.1. The smallest absolute Gasteiger partial charge is 0.161 e. The predicted octanol–water partition coefficient (Wildman–Crippen LogP) is 1.17. The molecule has 0 aliphatic rings. The molecule has 1 aromatic carbocycles. The summed E-state index contributed by atoms with van der Waals surface area (Å²) in [6.07, 6.45) is 1.37. The molecular weight excluding hydrogens is 287 g/mol. The maximum Gasteiger partial charge on any atom is 0.161 e. The lowest BCUT2D eigenvalue weighted by Crippen LogP contribution is -2.40. The fourth-order valence-electron chi connectivity index (χ4n) is 2.19. The van der Waals surface area contributed by atoms with Crippen LogP contribution in [-0.2, 0) is 11.2 Å². The zero-order valence-electron chi connectivity index (χ0n) is 11.1. The van der Waals surface area contributed by atoms with Gasteiger partial charge in [0.2, 0.25) is 0 Å². The van der Waals surface area contributed by atoms with Crippen LogP contribution in [0.3, 0.4) is 0 Å². The van der Waals surface area contributed by atoms with E-state index in [2.05, 4.69) is 17.3 Å². The van der Waals surface area contributed by atoms with Crippen LogP contribution in [-0.4, -0.2) is 35.9 Å². The molecule has 1 rings (SSSR count). The zero-order valence-corrected chi connectivity index (χ0v) is 14.0. The number of hydrogen-bond donors (Lipinski definition) is 0. The first-order chi connectivity index (χ1) is 9.03. The minimum atomic E-state index is -1.18. The first-order valence-corrected chi connectivity index (χ1v) is 10.4. The largest absolute Gasteiger partial charge is 0.352 e. The molecule has 0 aliphatic heterocycles. The van der Waals surface area contributed by atoms with Crippen molar-refractivity contribution in [2.45, 2.75) is 32.0 Å². The van der Waals surface area contributed by atoms with E-state index in [1.54, 1.807) is 0 Å². The molecule has 0 aromatic heterocycles. The lowest BCUT2D eigenvalue weighted by Gasteiger charge is -2.28. The van der Waals surface area contributed by atoms with Crippen molar-refractivity contribution in [1.29, 1.82) is 0 Å². The van der Waals surface area contributed by atoms with Gasteiger partial charge in [-0.2, -0.15) is 0 Å². The van der Waals surface area contributed by atoms with Gasteiger partial charge in [-0.1, -0.05) is 13.1 Å². The molecule has 0 saturated heterocycles. The maximum absolute atomic E-state index is 13.6. The van der Waals surface area contributed by atoms with Crippen LogP contribution in [0.2, 0.25) is 13.1 Å². The van der Waals surface area contributed by atoms with Crippen LogP contribution >= 0.6 is 0 Å². The van der Waals surface area contributed by atoms with Gasteiger partial charge >= 0.3 is 0 Å². The molecule has 0 aliphatic carbocycles. The quantitative estimate of drug-likeness (QED) is 0.428. The summed E-state index contributed by atoms with van der Waals surface area (Å²) in [5.74, 6) is -2.97. The van der Waals surface area contributed by atoms with E-state index in [1.807, 2.05) is 0 Å². The van der Waals surface area contributed by atoms with Gasteiger partial charge in [-0.15, -0.1) is 0 Å². The molecule has 1 atom stereocenters. The van der Waals surface area contributed by atoms with Crippen molar-refractivity contribution in [3.05, 3.63) is 35.1 Å². The van der Waals surface area contributed by atoms with E-state index in [9.17, 15) is 18.0 Å². The van der Waals surface area contributed by atoms with Gasteiger partial charge in [0.05, 0.1) is 19.4 Å². The van der Waals surface area contributed by atoms with E-state index in [4.69, 9.17) is 0 Å². The van der Waals surface area contributed by atoms with Gasteiger partial charge < -0.3 is 9.03 Å². The summed E-state index contributed by atoms with van der Waals surface area (Å²) in [4.78, 5) is 10.7. The predicted molar refractivity (Wildman–Crippen MR) is 75.1 cm³/mol. The highest BCUT2D eigenvalue weighted by Crippen LogP contribution is 2.17. The van der Waals surface area contributed by atoms with Crippen LogP contribution in [0, 0.1) is 17.5 Å². The van der Waals surface area contributed by atoms with E-state index in [0.29, 0.717) is 12.5 Å². The number of rotatable bonds is 7. The topological polar surface area (TPSA) is 20.3 Å². The number of benzene rings is 1. The summed E-state index contributed by atoms with van der Waals surface area (Å²) in [5, 5.41) is 0. The van der Waals surface area contributed by atoms with Crippen LogP contribution in [0.4, 0.5) is 13.2 Å². The highest BCUT2D eigenvalue weighted by Gasteiger charge is 2.19. The monoisotopic (exact) mass is 305 g/mol. The molecular formula is C12H18F3NOSi2. The fraction of sp³-hybridized carbons (Fsp3) is 0.417. The number of carbonyl (C=O) groups is 1. The van der Waals surface area contributed by atoms with E-state index >= 15 is 0 Å². The number of hydrogen-bond acceptors (Lipinski definition) is 2. The molecule has 0 N–H and O–H groups in total. The van der Waals surface area contributed by atoms with Gasteiger partial charge in [0.15, 0.2) is 11.6 Å². The fourth-order valence-corrected chi connectivity index (χ4v) is 5.56. The number of carbonyl (C=O) groups excluding carboxylic acids is 1. The van der Waals surface area contributed by atoms with Crippen molar-refractivity contribution in [1.82, 2.24) is 4.23 Å². The second-order valence-electron chi connectivity index (χ2n) is 4.34. The summed E-state index contributed by atoms with van der Waals surface area (Å²) >= 11 is 0. The Labute approximate surface area is 115 Å². The normalized spacial score (nSPS) is 14.0. The van der Waals surface area contributed by atoms with Crippen molar-refractivity contribution < 1.29 is 18.0 Å². The SMILES string of the molecule is C[SiH2]N([SiH2]C)C(CC=O)Cc1cc(F)c(F)cc1F. The van der Waals surface area contributed by atoms with Gasteiger partial charge in [0.25, 0.3) is 0 Å². The third kappa shape index (κ3) is 4.29.